The summed E-state index contributed by atoms with van der Waals surface area (Å²) < 4.78 is 0. The minimum absolute atomic E-state index is 0.166. The molecule has 4 N–H and O–H groups in total. The van der Waals surface area contributed by atoms with Crippen LogP contribution in [0.2, 0.25) is 0 Å². The van der Waals surface area contributed by atoms with Gasteiger partial charge in [-0.3, -0.25) is 4.99 Å². The summed E-state index contributed by atoms with van der Waals surface area (Å²) in [6, 6.07) is 0. The van der Waals surface area contributed by atoms with Crippen molar-refractivity contribution in [2.45, 2.75) is 13.3 Å². The molecular formula is C6H13N3. The van der Waals surface area contributed by atoms with E-state index in [1.54, 1.807) is 0 Å². The number of allylic oxidation sites excluding steroid dienone is 1. The zero-order valence-corrected chi connectivity index (χ0v) is 5.67. The van der Waals surface area contributed by atoms with Gasteiger partial charge in [-0.2, -0.15) is 0 Å². The maximum atomic E-state index is 5.08. The maximum absolute atomic E-state index is 5.08. The van der Waals surface area contributed by atoms with Gasteiger partial charge in [-0.1, -0.05) is 12.2 Å². The van der Waals surface area contributed by atoms with E-state index in [1.807, 2.05) is 19.1 Å². The van der Waals surface area contributed by atoms with Gasteiger partial charge in [-0.15, -0.1) is 0 Å². The zero-order chi connectivity index (χ0) is 7.11. The number of guanidine groups is 1. The molecule has 0 fully saturated rings. The van der Waals surface area contributed by atoms with E-state index in [2.05, 4.69) is 4.99 Å². The minimum atomic E-state index is 0.166. The lowest BCUT2D eigenvalue weighted by atomic mass is 10.4. The first-order chi connectivity index (χ1) is 4.27. The summed E-state index contributed by atoms with van der Waals surface area (Å²) in [6.07, 6.45) is 4.91. The average molecular weight is 127 g/mol. The average Bonchev–Trinajstić information content (AvgIpc) is 1.80. The van der Waals surface area contributed by atoms with Gasteiger partial charge in [0.1, 0.15) is 0 Å². The molecule has 0 radical (unpaired) electrons. The normalized spacial score (nSPS) is 9.89. The molecule has 0 unspecified atom stereocenters. The fraction of sp³-hybridized carbons (Fsp3) is 0.500. The summed E-state index contributed by atoms with van der Waals surface area (Å²) in [4.78, 5) is 3.78. The SMILES string of the molecule is C/C=C\CCN=C(N)N. The standard InChI is InChI=1S/C6H13N3/c1-2-3-4-5-9-6(7)8/h2-3H,4-5H2,1H3,(H4,7,8,9)/b3-2-. The molecule has 0 aromatic heterocycles. The Balaban J connectivity index is 3.20. The highest BCUT2D eigenvalue weighted by molar-refractivity contribution is 5.75. The van der Waals surface area contributed by atoms with Gasteiger partial charge < -0.3 is 11.5 Å². The van der Waals surface area contributed by atoms with Crippen LogP contribution in [-0.4, -0.2) is 12.5 Å². The molecule has 0 aliphatic heterocycles. The van der Waals surface area contributed by atoms with Crippen LogP contribution in [0.5, 0.6) is 0 Å². The predicted molar refractivity (Wildman–Crippen MR) is 40.1 cm³/mol. The smallest absolute Gasteiger partial charge is 0.185 e. The molecule has 3 nitrogen and oxygen atoms in total. The Morgan fingerprint density at radius 3 is 2.67 bits per heavy atom. The molecule has 0 aromatic carbocycles. The molecule has 0 saturated carbocycles. The number of hydrogen-bond acceptors (Lipinski definition) is 1. The molecule has 0 aromatic rings. The molecule has 3 heteroatoms. The van der Waals surface area contributed by atoms with Crippen LogP contribution in [0.3, 0.4) is 0 Å². The van der Waals surface area contributed by atoms with Crippen molar-refractivity contribution in [2.75, 3.05) is 6.54 Å². The van der Waals surface area contributed by atoms with E-state index >= 15 is 0 Å². The van der Waals surface area contributed by atoms with Crippen molar-refractivity contribution in [1.29, 1.82) is 0 Å². The van der Waals surface area contributed by atoms with Crippen LogP contribution in [0.25, 0.3) is 0 Å². The van der Waals surface area contributed by atoms with Crippen LogP contribution in [0.1, 0.15) is 13.3 Å². The zero-order valence-electron chi connectivity index (χ0n) is 5.67. The van der Waals surface area contributed by atoms with Crippen LogP contribution >= 0.6 is 0 Å². The Morgan fingerprint density at radius 2 is 2.22 bits per heavy atom. The Labute approximate surface area is 55.4 Å². The summed E-state index contributed by atoms with van der Waals surface area (Å²) in [5.74, 6) is 0.166. The van der Waals surface area contributed by atoms with Gasteiger partial charge >= 0.3 is 0 Å². The van der Waals surface area contributed by atoms with Crippen molar-refractivity contribution in [3.8, 4) is 0 Å². The van der Waals surface area contributed by atoms with E-state index in [9.17, 15) is 0 Å². The molecule has 0 saturated heterocycles. The lowest BCUT2D eigenvalue weighted by molar-refractivity contribution is 0.997. The van der Waals surface area contributed by atoms with E-state index < -0.39 is 0 Å². The third-order valence-electron chi connectivity index (χ3n) is 0.826. The van der Waals surface area contributed by atoms with Gasteiger partial charge in [0.2, 0.25) is 0 Å². The topological polar surface area (TPSA) is 64.4 Å². The second kappa shape index (κ2) is 5.15. The third kappa shape index (κ3) is 7.01. The largest absolute Gasteiger partial charge is 0.370 e. The monoisotopic (exact) mass is 127 g/mol. The van der Waals surface area contributed by atoms with Crippen LogP contribution in [-0.2, 0) is 0 Å². The van der Waals surface area contributed by atoms with Crippen molar-refractivity contribution >= 4 is 5.96 Å². The lowest BCUT2D eigenvalue weighted by Gasteiger charge is -1.88. The second-order valence-corrected chi connectivity index (χ2v) is 1.66. The summed E-state index contributed by atoms with van der Waals surface area (Å²) in [5, 5.41) is 0. The molecule has 0 spiro atoms. The predicted octanol–water partition coefficient (Wildman–Crippen LogP) is 0.226. The summed E-state index contributed by atoms with van der Waals surface area (Å²) >= 11 is 0. The van der Waals surface area contributed by atoms with Gasteiger partial charge in [0.15, 0.2) is 5.96 Å². The molecule has 0 atom stereocenters. The van der Waals surface area contributed by atoms with E-state index in [4.69, 9.17) is 11.5 Å². The third-order valence-corrected chi connectivity index (χ3v) is 0.826. The molecule has 0 heterocycles. The van der Waals surface area contributed by atoms with Gasteiger partial charge in [0, 0.05) is 6.54 Å². The molecule has 0 bridgehead atoms. The fourth-order valence-corrected chi connectivity index (χ4v) is 0.435. The van der Waals surface area contributed by atoms with E-state index in [0.29, 0.717) is 6.54 Å². The number of aliphatic imine (C=N–C) groups is 1. The molecule has 0 rings (SSSR count). The van der Waals surface area contributed by atoms with Crippen LogP contribution in [0, 0.1) is 0 Å². The molecular weight excluding hydrogens is 114 g/mol. The Morgan fingerprint density at radius 1 is 1.56 bits per heavy atom. The van der Waals surface area contributed by atoms with Crippen LogP contribution in [0.4, 0.5) is 0 Å². The Kier molecular flexibility index (Phi) is 4.59. The molecule has 9 heavy (non-hydrogen) atoms. The first-order valence-electron chi connectivity index (χ1n) is 2.94. The summed E-state index contributed by atoms with van der Waals surface area (Å²) in [6.45, 7) is 2.65. The molecule has 52 valence electrons. The van der Waals surface area contributed by atoms with E-state index in [-0.39, 0.29) is 5.96 Å². The highest BCUT2D eigenvalue weighted by Gasteiger charge is 1.77. The minimum Gasteiger partial charge on any atom is -0.370 e. The Bertz CT molecular complexity index is 111. The first kappa shape index (κ1) is 8.01. The molecule has 0 aliphatic carbocycles. The molecule has 0 aliphatic rings. The maximum Gasteiger partial charge on any atom is 0.185 e. The highest BCUT2D eigenvalue weighted by atomic mass is 15.0. The number of rotatable bonds is 3. The van der Waals surface area contributed by atoms with Crippen LogP contribution < -0.4 is 11.5 Å². The van der Waals surface area contributed by atoms with Gasteiger partial charge in [0.05, 0.1) is 0 Å². The Hall–Kier alpha value is -0.990. The van der Waals surface area contributed by atoms with Crippen molar-refractivity contribution in [2.24, 2.45) is 16.5 Å². The summed E-state index contributed by atoms with van der Waals surface area (Å²) in [5.41, 5.74) is 10.2. The van der Waals surface area contributed by atoms with Crippen molar-refractivity contribution in [1.82, 2.24) is 0 Å². The summed E-state index contributed by atoms with van der Waals surface area (Å²) in [7, 11) is 0. The highest BCUT2D eigenvalue weighted by Crippen LogP contribution is 1.81. The van der Waals surface area contributed by atoms with Gasteiger partial charge in [-0.25, -0.2) is 0 Å². The van der Waals surface area contributed by atoms with E-state index in [1.165, 1.54) is 0 Å². The lowest BCUT2D eigenvalue weighted by Crippen LogP contribution is -2.22. The fourth-order valence-electron chi connectivity index (χ4n) is 0.435. The quantitative estimate of drug-likeness (QED) is 0.246. The number of hydrogen-bond donors (Lipinski definition) is 2. The second-order valence-electron chi connectivity index (χ2n) is 1.66. The van der Waals surface area contributed by atoms with Crippen molar-refractivity contribution in [3.05, 3.63) is 12.2 Å². The van der Waals surface area contributed by atoms with Gasteiger partial charge in [0.25, 0.3) is 0 Å². The van der Waals surface area contributed by atoms with Crippen molar-refractivity contribution < 1.29 is 0 Å². The molecule has 0 amide bonds. The van der Waals surface area contributed by atoms with E-state index in [0.717, 1.165) is 6.42 Å². The van der Waals surface area contributed by atoms with Crippen molar-refractivity contribution in [3.63, 3.8) is 0 Å². The number of nitrogens with two attached hydrogens (primary N) is 2. The number of nitrogens with zero attached hydrogens (tertiary/aromatic N) is 1. The van der Waals surface area contributed by atoms with Crippen LogP contribution in [0.15, 0.2) is 17.1 Å². The van der Waals surface area contributed by atoms with Gasteiger partial charge in [-0.05, 0) is 13.3 Å². The first-order valence-corrected chi connectivity index (χ1v) is 2.94.